The van der Waals surface area contributed by atoms with Gasteiger partial charge in [0.2, 0.25) is 0 Å². The van der Waals surface area contributed by atoms with E-state index in [4.69, 9.17) is 22.7 Å². The predicted molar refractivity (Wildman–Crippen MR) is 92.0 cm³/mol. The summed E-state index contributed by atoms with van der Waals surface area (Å²) in [7, 11) is 0. The van der Waals surface area contributed by atoms with Crippen LogP contribution in [-0.4, -0.2) is 35.6 Å². The van der Waals surface area contributed by atoms with Gasteiger partial charge < -0.3 is 10.5 Å². The molecule has 116 valence electrons. The molecule has 2 rings (SSSR count). The van der Waals surface area contributed by atoms with Gasteiger partial charge in [-0.2, -0.15) is 0 Å². The van der Waals surface area contributed by atoms with Crippen molar-refractivity contribution in [3.63, 3.8) is 0 Å². The van der Waals surface area contributed by atoms with Gasteiger partial charge in [-0.05, 0) is 24.5 Å². The van der Waals surface area contributed by atoms with Crippen molar-refractivity contribution in [2.75, 3.05) is 19.6 Å². The molecule has 0 bridgehead atoms. The molecule has 1 aromatic carbocycles. The van der Waals surface area contributed by atoms with E-state index in [0.717, 1.165) is 38.2 Å². The summed E-state index contributed by atoms with van der Waals surface area (Å²) in [6.45, 7) is 9.51. The maximum atomic E-state index is 6.08. The second-order valence-corrected chi connectivity index (χ2v) is 6.95. The minimum absolute atomic E-state index is 0.242. The van der Waals surface area contributed by atoms with Gasteiger partial charge in [0.25, 0.3) is 0 Å². The molecule has 2 N–H and O–H groups in total. The third-order valence-corrected chi connectivity index (χ3v) is 3.92. The van der Waals surface area contributed by atoms with Gasteiger partial charge in [0.05, 0.1) is 4.99 Å². The van der Waals surface area contributed by atoms with Crippen LogP contribution < -0.4 is 10.5 Å². The van der Waals surface area contributed by atoms with E-state index in [-0.39, 0.29) is 6.10 Å². The smallest absolute Gasteiger partial charge is 0.123 e. The molecular formula is C17H26N2OS. The molecule has 0 fully saturated rings. The van der Waals surface area contributed by atoms with Crippen molar-refractivity contribution in [1.82, 2.24) is 4.90 Å². The Kier molecular flexibility index (Phi) is 5.59. The zero-order valence-corrected chi connectivity index (χ0v) is 14.1. The van der Waals surface area contributed by atoms with E-state index in [1.54, 1.807) is 0 Å². The number of thiocarbonyl (C=S) groups is 1. The molecule has 3 nitrogen and oxygen atoms in total. The van der Waals surface area contributed by atoms with Crippen LogP contribution in [0.2, 0.25) is 0 Å². The topological polar surface area (TPSA) is 38.5 Å². The van der Waals surface area contributed by atoms with Crippen LogP contribution in [0.25, 0.3) is 0 Å². The molecule has 1 atom stereocenters. The summed E-state index contributed by atoms with van der Waals surface area (Å²) in [5.41, 5.74) is 8.27. The second-order valence-electron chi connectivity index (χ2n) is 6.42. The molecule has 1 heterocycles. The van der Waals surface area contributed by atoms with E-state index in [1.165, 1.54) is 11.1 Å². The normalized spacial score (nSPS) is 17.1. The van der Waals surface area contributed by atoms with Crippen molar-refractivity contribution in [2.24, 2.45) is 11.7 Å². The maximum absolute atomic E-state index is 6.08. The van der Waals surface area contributed by atoms with Crippen molar-refractivity contribution < 1.29 is 4.74 Å². The number of rotatable bonds is 7. The lowest BCUT2D eigenvalue weighted by molar-refractivity contribution is 0.143. The number of nitrogens with two attached hydrogens (primary N) is 1. The zero-order valence-electron chi connectivity index (χ0n) is 13.3. The Morgan fingerprint density at radius 1 is 1.48 bits per heavy atom. The Labute approximate surface area is 133 Å². The van der Waals surface area contributed by atoms with Crippen LogP contribution in [0.1, 0.15) is 31.4 Å². The minimum atomic E-state index is 0.242. The number of nitrogens with zero attached hydrogens (tertiary/aromatic N) is 1. The first-order valence-electron chi connectivity index (χ1n) is 7.71. The molecule has 0 saturated heterocycles. The van der Waals surface area contributed by atoms with E-state index in [0.29, 0.717) is 10.9 Å². The van der Waals surface area contributed by atoms with Crippen LogP contribution in [0.4, 0.5) is 0 Å². The second kappa shape index (κ2) is 7.23. The van der Waals surface area contributed by atoms with E-state index >= 15 is 0 Å². The summed E-state index contributed by atoms with van der Waals surface area (Å²) >= 11 is 5.00. The molecule has 0 aromatic heterocycles. The average molecular weight is 306 g/mol. The molecular weight excluding hydrogens is 280 g/mol. The van der Waals surface area contributed by atoms with Gasteiger partial charge >= 0.3 is 0 Å². The first-order valence-corrected chi connectivity index (χ1v) is 8.11. The lowest BCUT2D eigenvalue weighted by atomic mass is 10.1. The van der Waals surface area contributed by atoms with Gasteiger partial charge in [-0.15, -0.1) is 0 Å². The molecule has 0 saturated carbocycles. The van der Waals surface area contributed by atoms with Crippen LogP contribution in [0.15, 0.2) is 18.2 Å². The summed E-state index contributed by atoms with van der Waals surface area (Å²) in [5.74, 6) is 1.67. The first-order chi connectivity index (χ1) is 9.94. The Morgan fingerprint density at radius 2 is 2.24 bits per heavy atom. The molecule has 0 radical (unpaired) electrons. The Hall–Kier alpha value is -1.13. The monoisotopic (exact) mass is 306 g/mol. The summed E-state index contributed by atoms with van der Waals surface area (Å²) in [6.07, 6.45) is 2.02. The summed E-state index contributed by atoms with van der Waals surface area (Å²) in [4.78, 5) is 3.02. The van der Waals surface area contributed by atoms with E-state index < -0.39 is 0 Å². The van der Waals surface area contributed by atoms with Crippen molar-refractivity contribution in [1.29, 1.82) is 0 Å². The van der Waals surface area contributed by atoms with Crippen LogP contribution in [0.5, 0.6) is 5.75 Å². The Morgan fingerprint density at radius 3 is 2.90 bits per heavy atom. The third-order valence-electron chi connectivity index (χ3n) is 3.72. The number of fused-ring (bicyclic) bond motifs is 1. The third kappa shape index (κ3) is 4.97. The Balaban J connectivity index is 1.93. The highest BCUT2D eigenvalue weighted by Crippen LogP contribution is 2.29. The minimum Gasteiger partial charge on any atom is -0.488 e. The molecule has 0 amide bonds. The van der Waals surface area contributed by atoms with E-state index in [9.17, 15) is 0 Å². The fraction of sp³-hybridized carbons (Fsp3) is 0.588. The van der Waals surface area contributed by atoms with Crippen molar-refractivity contribution in [2.45, 2.75) is 39.7 Å². The summed E-state index contributed by atoms with van der Waals surface area (Å²) < 4.78 is 6.08. The number of hydrogen-bond acceptors (Lipinski definition) is 3. The van der Waals surface area contributed by atoms with Gasteiger partial charge in [-0.1, -0.05) is 43.8 Å². The molecule has 1 aromatic rings. The van der Waals surface area contributed by atoms with Gasteiger partial charge in [-0.3, -0.25) is 4.90 Å². The van der Waals surface area contributed by atoms with Gasteiger partial charge in [0.15, 0.2) is 0 Å². The lowest BCUT2D eigenvalue weighted by Crippen LogP contribution is -2.38. The average Bonchev–Trinajstić information content (AvgIpc) is 2.76. The Bertz CT molecular complexity index is 502. The number of hydrogen-bond donors (Lipinski definition) is 1. The molecule has 21 heavy (non-hydrogen) atoms. The van der Waals surface area contributed by atoms with E-state index in [2.05, 4.69) is 43.9 Å². The number of benzene rings is 1. The van der Waals surface area contributed by atoms with Crippen LogP contribution in [0, 0.1) is 12.8 Å². The van der Waals surface area contributed by atoms with Crippen LogP contribution in [-0.2, 0) is 6.42 Å². The summed E-state index contributed by atoms with van der Waals surface area (Å²) in [6, 6.07) is 6.43. The molecule has 1 unspecified atom stereocenters. The van der Waals surface area contributed by atoms with Crippen LogP contribution >= 0.6 is 12.2 Å². The largest absolute Gasteiger partial charge is 0.488 e. The quantitative estimate of drug-likeness (QED) is 0.786. The van der Waals surface area contributed by atoms with Crippen molar-refractivity contribution in [3.8, 4) is 5.75 Å². The number of ether oxygens (including phenoxy) is 1. The predicted octanol–water partition coefficient (Wildman–Crippen LogP) is 2.93. The fourth-order valence-electron chi connectivity index (χ4n) is 2.88. The number of aryl methyl sites for hydroxylation is 1. The SMILES string of the molecule is Cc1ccc2c(c1)CC(CN(CCC(N)=S)CC(C)C)O2. The molecule has 1 aliphatic rings. The fourth-order valence-corrected chi connectivity index (χ4v) is 2.97. The summed E-state index contributed by atoms with van der Waals surface area (Å²) in [5, 5.41) is 0. The molecule has 0 spiro atoms. The highest BCUT2D eigenvalue weighted by molar-refractivity contribution is 7.80. The van der Waals surface area contributed by atoms with Crippen molar-refractivity contribution >= 4 is 17.2 Å². The maximum Gasteiger partial charge on any atom is 0.123 e. The van der Waals surface area contributed by atoms with Gasteiger partial charge in [0.1, 0.15) is 11.9 Å². The molecule has 4 heteroatoms. The van der Waals surface area contributed by atoms with E-state index in [1.807, 2.05) is 0 Å². The van der Waals surface area contributed by atoms with Crippen molar-refractivity contribution in [3.05, 3.63) is 29.3 Å². The molecule has 1 aliphatic heterocycles. The highest BCUT2D eigenvalue weighted by atomic mass is 32.1. The van der Waals surface area contributed by atoms with Crippen LogP contribution in [0.3, 0.4) is 0 Å². The first kappa shape index (κ1) is 16.2. The molecule has 0 aliphatic carbocycles. The highest BCUT2D eigenvalue weighted by Gasteiger charge is 2.25. The van der Waals surface area contributed by atoms with Gasteiger partial charge in [0, 0.05) is 32.5 Å². The lowest BCUT2D eigenvalue weighted by Gasteiger charge is -2.26. The standard InChI is InChI=1S/C17H26N2OS/c1-12(2)10-19(7-6-17(18)21)11-15-9-14-8-13(3)4-5-16(14)20-15/h4-5,8,12,15H,6-7,9-11H2,1-3H3,(H2,18,21). The van der Waals surface area contributed by atoms with Gasteiger partial charge in [-0.25, -0.2) is 0 Å². The zero-order chi connectivity index (χ0) is 15.4.